The number of hydrogen-bond acceptors (Lipinski definition) is 5. The molecule has 0 atom stereocenters. The van der Waals surface area contributed by atoms with Gasteiger partial charge < -0.3 is 15.3 Å². The van der Waals surface area contributed by atoms with E-state index in [1.54, 1.807) is 0 Å². The van der Waals surface area contributed by atoms with E-state index in [2.05, 4.69) is 0 Å². The lowest BCUT2D eigenvalue weighted by Gasteiger charge is -2.24. The van der Waals surface area contributed by atoms with Crippen LogP contribution in [0.3, 0.4) is 0 Å². The van der Waals surface area contributed by atoms with E-state index in [4.69, 9.17) is 15.3 Å². The summed E-state index contributed by atoms with van der Waals surface area (Å²) in [6.45, 7) is 2.26. The van der Waals surface area contributed by atoms with Gasteiger partial charge in [-0.05, 0) is 0 Å². The highest BCUT2D eigenvalue weighted by atomic mass is 16.7. The maximum Gasteiger partial charge on any atom is 0.325 e. The van der Waals surface area contributed by atoms with Gasteiger partial charge in [0, 0.05) is 6.42 Å². The summed E-state index contributed by atoms with van der Waals surface area (Å²) in [4.78, 5) is 26.4. The first-order valence-corrected chi connectivity index (χ1v) is 4.50. The number of rotatable bonds is 4. The van der Waals surface area contributed by atoms with Crippen molar-refractivity contribution in [2.45, 2.75) is 12.8 Å². The molecule has 0 aromatic rings. The van der Waals surface area contributed by atoms with Gasteiger partial charge in [-0.1, -0.05) is 0 Å². The summed E-state index contributed by atoms with van der Waals surface area (Å²) in [5.41, 5.74) is 4.89. The Balaban J connectivity index is 2.15. The Bertz CT molecular complexity index is 213. The van der Waals surface area contributed by atoms with Crippen molar-refractivity contribution in [3.05, 3.63) is 0 Å². The molecule has 6 nitrogen and oxygen atoms in total. The quantitative estimate of drug-likeness (QED) is 0.635. The maximum atomic E-state index is 11.1. The predicted molar refractivity (Wildman–Crippen MR) is 46.9 cm³/mol. The van der Waals surface area contributed by atoms with Gasteiger partial charge in [0.15, 0.2) is 0 Å². The number of ether oxygens (including phenoxy) is 1. The van der Waals surface area contributed by atoms with Gasteiger partial charge in [-0.3, -0.25) is 9.59 Å². The summed E-state index contributed by atoms with van der Waals surface area (Å²) in [5.74, 6) is -0.922. The minimum Gasteiger partial charge on any atom is -0.379 e. The van der Waals surface area contributed by atoms with Crippen molar-refractivity contribution >= 4 is 11.9 Å². The van der Waals surface area contributed by atoms with Gasteiger partial charge in [-0.25, -0.2) is 0 Å². The van der Waals surface area contributed by atoms with Crippen LogP contribution < -0.4 is 5.73 Å². The number of primary amides is 1. The molecule has 0 bridgehead atoms. The van der Waals surface area contributed by atoms with Crippen LogP contribution in [0, 0.1) is 0 Å². The second-order valence-corrected chi connectivity index (χ2v) is 2.97. The normalized spacial score (nSPS) is 17.7. The van der Waals surface area contributed by atoms with Crippen LogP contribution in [0.1, 0.15) is 12.8 Å². The average molecular weight is 202 g/mol. The average Bonchev–Trinajstić information content (AvgIpc) is 2.16. The lowest BCUT2D eigenvalue weighted by Crippen LogP contribution is -2.38. The van der Waals surface area contributed by atoms with Crippen LogP contribution in [0.5, 0.6) is 0 Å². The van der Waals surface area contributed by atoms with Gasteiger partial charge in [0.1, 0.15) is 0 Å². The Labute approximate surface area is 81.9 Å². The molecule has 0 aliphatic carbocycles. The number of nitrogens with zero attached hydrogens (tertiary/aromatic N) is 1. The largest absolute Gasteiger partial charge is 0.379 e. The third-order valence-electron chi connectivity index (χ3n) is 1.78. The molecule has 1 rings (SSSR count). The molecule has 1 aliphatic rings. The highest BCUT2D eigenvalue weighted by molar-refractivity contribution is 5.79. The van der Waals surface area contributed by atoms with E-state index >= 15 is 0 Å². The molecule has 0 aromatic carbocycles. The van der Waals surface area contributed by atoms with Gasteiger partial charge >= 0.3 is 5.97 Å². The molecule has 1 heterocycles. The Kier molecular flexibility index (Phi) is 4.34. The number of amides is 1. The molecule has 80 valence electrons. The highest BCUT2D eigenvalue weighted by Gasteiger charge is 2.15. The zero-order valence-corrected chi connectivity index (χ0v) is 7.90. The molecular weight excluding hydrogens is 188 g/mol. The number of nitrogens with two attached hydrogens (primary N) is 1. The van der Waals surface area contributed by atoms with Crippen LogP contribution in [0.25, 0.3) is 0 Å². The van der Waals surface area contributed by atoms with E-state index in [1.807, 2.05) is 0 Å². The fourth-order valence-corrected chi connectivity index (χ4v) is 1.05. The van der Waals surface area contributed by atoms with Gasteiger partial charge in [0.2, 0.25) is 5.91 Å². The van der Waals surface area contributed by atoms with Crippen molar-refractivity contribution in [2.75, 3.05) is 26.3 Å². The molecule has 0 unspecified atom stereocenters. The summed E-state index contributed by atoms with van der Waals surface area (Å²) in [6.07, 6.45) is 0.0653. The van der Waals surface area contributed by atoms with E-state index in [-0.39, 0.29) is 12.8 Å². The second-order valence-electron chi connectivity index (χ2n) is 2.97. The molecule has 6 heteroatoms. The third-order valence-corrected chi connectivity index (χ3v) is 1.78. The molecule has 1 aliphatic heterocycles. The van der Waals surface area contributed by atoms with Crippen molar-refractivity contribution in [1.29, 1.82) is 0 Å². The predicted octanol–water partition coefficient (Wildman–Crippen LogP) is -0.958. The van der Waals surface area contributed by atoms with Gasteiger partial charge in [0.05, 0.1) is 32.7 Å². The van der Waals surface area contributed by atoms with Crippen molar-refractivity contribution < 1.29 is 19.2 Å². The number of carbonyl (C=O) groups excluding carboxylic acids is 2. The smallest absolute Gasteiger partial charge is 0.325 e. The van der Waals surface area contributed by atoms with E-state index in [0.29, 0.717) is 26.3 Å². The van der Waals surface area contributed by atoms with E-state index in [0.717, 1.165) is 0 Å². The molecule has 0 spiro atoms. The molecule has 1 saturated heterocycles. The van der Waals surface area contributed by atoms with Crippen molar-refractivity contribution in [3.8, 4) is 0 Å². The molecule has 0 radical (unpaired) electrons. The molecule has 2 N–H and O–H groups in total. The maximum absolute atomic E-state index is 11.1. The van der Waals surface area contributed by atoms with Crippen LogP contribution >= 0.6 is 0 Å². The zero-order valence-electron chi connectivity index (χ0n) is 7.90. The summed E-state index contributed by atoms with van der Waals surface area (Å²) in [7, 11) is 0. The number of hydroxylamine groups is 2. The third kappa shape index (κ3) is 4.20. The molecule has 0 aromatic heterocycles. The second kappa shape index (κ2) is 5.56. The molecule has 14 heavy (non-hydrogen) atoms. The first kappa shape index (κ1) is 10.9. The van der Waals surface area contributed by atoms with Gasteiger partial charge in [-0.2, -0.15) is 0 Å². The first-order valence-electron chi connectivity index (χ1n) is 4.50. The first-order chi connectivity index (χ1) is 6.68. The van der Waals surface area contributed by atoms with E-state index in [1.165, 1.54) is 5.06 Å². The molecule has 0 saturated carbocycles. The Morgan fingerprint density at radius 2 is 1.93 bits per heavy atom. The summed E-state index contributed by atoms with van der Waals surface area (Å²) >= 11 is 0. The van der Waals surface area contributed by atoms with Crippen LogP contribution in [0.4, 0.5) is 0 Å². The molecular formula is C8H14N2O4. The molecule has 1 fully saturated rings. The number of carbonyl (C=O) groups is 2. The Morgan fingerprint density at radius 3 is 2.50 bits per heavy atom. The fourth-order valence-electron chi connectivity index (χ4n) is 1.05. The minimum absolute atomic E-state index is 0.0309. The van der Waals surface area contributed by atoms with Crippen molar-refractivity contribution in [2.24, 2.45) is 5.73 Å². The fraction of sp³-hybridized carbons (Fsp3) is 0.750. The monoisotopic (exact) mass is 202 g/mol. The van der Waals surface area contributed by atoms with Crippen LogP contribution in [0.2, 0.25) is 0 Å². The van der Waals surface area contributed by atoms with Gasteiger partial charge in [-0.15, -0.1) is 5.06 Å². The SMILES string of the molecule is NC(=O)CCC(=O)ON1CCOCC1. The lowest BCUT2D eigenvalue weighted by atomic mass is 10.3. The summed E-state index contributed by atoms with van der Waals surface area (Å²) < 4.78 is 5.07. The van der Waals surface area contributed by atoms with Crippen LogP contribution in [0.15, 0.2) is 0 Å². The van der Waals surface area contributed by atoms with Crippen molar-refractivity contribution in [3.63, 3.8) is 0 Å². The zero-order chi connectivity index (χ0) is 10.4. The lowest BCUT2D eigenvalue weighted by molar-refractivity contribution is -0.205. The Hall–Kier alpha value is -1.14. The summed E-state index contributed by atoms with van der Waals surface area (Å²) in [5, 5.41) is 1.53. The van der Waals surface area contributed by atoms with E-state index < -0.39 is 11.9 Å². The minimum atomic E-state index is -0.496. The number of hydrogen-bond donors (Lipinski definition) is 1. The number of morpholine rings is 1. The molecule has 1 amide bonds. The van der Waals surface area contributed by atoms with Crippen LogP contribution in [-0.4, -0.2) is 43.2 Å². The summed E-state index contributed by atoms with van der Waals surface area (Å²) in [6, 6.07) is 0. The van der Waals surface area contributed by atoms with E-state index in [9.17, 15) is 9.59 Å². The van der Waals surface area contributed by atoms with Crippen LogP contribution in [-0.2, 0) is 19.2 Å². The topological polar surface area (TPSA) is 81.9 Å². The standard InChI is InChI=1S/C8H14N2O4/c9-7(11)1-2-8(12)14-10-3-5-13-6-4-10/h1-6H2,(H2,9,11). The van der Waals surface area contributed by atoms with Crippen molar-refractivity contribution in [1.82, 2.24) is 5.06 Å². The highest BCUT2D eigenvalue weighted by Crippen LogP contribution is 2.00. The Morgan fingerprint density at radius 1 is 1.29 bits per heavy atom. The van der Waals surface area contributed by atoms with Gasteiger partial charge in [0.25, 0.3) is 0 Å².